The number of H-pyrrole nitrogens is 1. The van der Waals surface area contributed by atoms with Gasteiger partial charge in [-0.05, 0) is 41.8 Å². The number of aliphatic hydroxyl groups excluding tert-OH is 1. The maximum Gasteiger partial charge on any atom is 0.573 e. The molecule has 0 aliphatic heterocycles. The Bertz CT molecular complexity index is 1570. The average molecular weight is 560 g/mol. The molecule has 4 aromatic rings. The van der Waals surface area contributed by atoms with Gasteiger partial charge in [-0.2, -0.15) is 13.2 Å². The van der Waals surface area contributed by atoms with E-state index in [1.54, 1.807) is 30.3 Å². The SMILES string of the molecule is Cc1c(-c2ccc(OCc3ccccc3)c(OC(F)(F)F)c2)sc2c1c(=O)[nH]c(=O)n2C[C@@H](O)C(F)(F)F. The van der Waals surface area contributed by atoms with Crippen molar-refractivity contribution in [2.24, 2.45) is 0 Å². The zero-order valence-corrected chi connectivity index (χ0v) is 20.1. The molecule has 14 heteroatoms. The zero-order chi connectivity index (χ0) is 27.8. The van der Waals surface area contributed by atoms with Crippen LogP contribution < -0.4 is 20.7 Å². The third kappa shape index (κ3) is 5.86. The number of hydrogen-bond acceptors (Lipinski definition) is 6. The highest BCUT2D eigenvalue weighted by molar-refractivity contribution is 7.22. The summed E-state index contributed by atoms with van der Waals surface area (Å²) in [6, 6.07) is 12.3. The molecular weight excluding hydrogens is 542 g/mol. The van der Waals surface area contributed by atoms with E-state index in [0.717, 1.165) is 6.07 Å². The molecule has 0 spiro atoms. The highest BCUT2D eigenvalue weighted by Gasteiger charge is 2.39. The summed E-state index contributed by atoms with van der Waals surface area (Å²) in [5.74, 6) is -0.904. The first kappa shape index (κ1) is 27.3. The van der Waals surface area contributed by atoms with Crippen molar-refractivity contribution in [3.05, 3.63) is 80.5 Å². The number of halogens is 6. The normalized spacial score (nSPS) is 13.1. The van der Waals surface area contributed by atoms with Crippen molar-refractivity contribution in [1.29, 1.82) is 0 Å². The van der Waals surface area contributed by atoms with E-state index in [2.05, 4.69) is 4.74 Å². The van der Waals surface area contributed by atoms with E-state index in [0.29, 0.717) is 21.5 Å². The van der Waals surface area contributed by atoms with Gasteiger partial charge in [0.1, 0.15) is 11.4 Å². The molecule has 0 unspecified atom stereocenters. The Labute approximate surface area is 213 Å². The number of aliphatic hydroxyl groups is 1. The zero-order valence-electron chi connectivity index (χ0n) is 19.3. The summed E-state index contributed by atoms with van der Waals surface area (Å²) in [4.78, 5) is 26.7. The molecule has 38 heavy (non-hydrogen) atoms. The number of aryl methyl sites for hydroxylation is 1. The van der Waals surface area contributed by atoms with Crippen LogP contribution in [0.3, 0.4) is 0 Å². The number of alkyl halides is 6. The van der Waals surface area contributed by atoms with Crippen LogP contribution in [0.25, 0.3) is 20.7 Å². The summed E-state index contributed by atoms with van der Waals surface area (Å²) in [5.41, 5.74) is -1.04. The number of aromatic nitrogens is 2. The van der Waals surface area contributed by atoms with Gasteiger partial charge in [-0.25, -0.2) is 4.79 Å². The molecular formula is C24H18F6N2O5S. The molecule has 0 fully saturated rings. The van der Waals surface area contributed by atoms with Gasteiger partial charge in [0.05, 0.1) is 11.9 Å². The molecule has 2 aromatic carbocycles. The Hall–Kier alpha value is -3.78. The van der Waals surface area contributed by atoms with Gasteiger partial charge in [-0.1, -0.05) is 30.3 Å². The number of ether oxygens (including phenoxy) is 2. The maximum absolute atomic E-state index is 13.2. The van der Waals surface area contributed by atoms with Crippen molar-refractivity contribution in [2.45, 2.75) is 38.7 Å². The van der Waals surface area contributed by atoms with Gasteiger partial charge in [0, 0.05) is 4.88 Å². The van der Waals surface area contributed by atoms with Crippen LogP contribution in [-0.2, 0) is 13.2 Å². The van der Waals surface area contributed by atoms with Gasteiger partial charge in [0.2, 0.25) is 0 Å². The number of nitrogens with zero attached hydrogens (tertiary/aromatic N) is 1. The minimum absolute atomic E-state index is 0.0560. The van der Waals surface area contributed by atoms with Crippen LogP contribution in [-0.4, -0.2) is 33.3 Å². The van der Waals surface area contributed by atoms with Crippen molar-refractivity contribution < 1.29 is 40.9 Å². The summed E-state index contributed by atoms with van der Waals surface area (Å²) in [7, 11) is 0. The fourth-order valence-electron chi connectivity index (χ4n) is 3.70. The summed E-state index contributed by atoms with van der Waals surface area (Å²) >= 11 is 0.714. The summed E-state index contributed by atoms with van der Waals surface area (Å²) in [5, 5.41) is 9.35. The number of hydrogen-bond donors (Lipinski definition) is 2. The molecule has 0 amide bonds. The highest BCUT2D eigenvalue weighted by Crippen LogP contribution is 2.41. The molecule has 0 bridgehead atoms. The van der Waals surface area contributed by atoms with Gasteiger partial charge < -0.3 is 14.6 Å². The number of thiophene rings is 1. The van der Waals surface area contributed by atoms with Crippen molar-refractivity contribution in [2.75, 3.05) is 0 Å². The van der Waals surface area contributed by atoms with Crippen LogP contribution in [0.5, 0.6) is 11.5 Å². The minimum atomic E-state index is -5.07. The van der Waals surface area contributed by atoms with E-state index in [1.807, 2.05) is 4.98 Å². The molecule has 1 atom stereocenters. The lowest BCUT2D eigenvalue weighted by Crippen LogP contribution is -2.38. The second-order valence-electron chi connectivity index (χ2n) is 8.15. The van der Waals surface area contributed by atoms with Crippen LogP contribution in [0.4, 0.5) is 26.3 Å². The Balaban J connectivity index is 1.80. The quantitative estimate of drug-likeness (QED) is 0.306. The van der Waals surface area contributed by atoms with E-state index in [1.165, 1.54) is 19.1 Å². The lowest BCUT2D eigenvalue weighted by Gasteiger charge is -2.16. The molecule has 2 N–H and O–H groups in total. The molecule has 0 aliphatic rings. The van der Waals surface area contributed by atoms with E-state index < -0.39 is 42.2 Å². The third-order valence-electron chi connectivity index (χ3n) is 5.47. The molecule has 0 radical (unpaired) electrons. The molecule has 0 saturated carbocycles. The van der Waals surface area contributed by atoms with Crippen molar-refractivity contribution >= 4 is 21.6 Å². The van der Waals surface area contributed by atoms with Crippen LogP contribution in [0.1, 0.15) is 11.1 Å². The summed E-state index contributed by atoms with van der Waals surface area (Å²) in [6.45, 7) is 0.186. The Kier molecular flexibility index (Phi) is 7.30. The molecule has 2 heterocycles. The van der Waals surface area contributed by atoms with Crippen LogP contribution >= 0.6 is 11.3 Å². The van der Waals surface area contributed by atoms with Crippen LogP contribution in [0, 0.1) is 6.92 Å². The van der Waals surface area contributed by atoms with E-state index in [4.69, 9.17) is 4.74 Å². The molecule has 7 nitrogen and oxygen atoms in total. The second-order valence-corrected chi connectivity index (χ2v) is 9.15. The lowest BCUT2D eigenvalue weighted by molar-refractivity contribution is -0.275. The predicted octanol–water partition coefficient (Wildman–Crippen LogP) is 5.13. The summed E-state index contributed by atoms with van der Waals surface area (Å²) in [6.07, 6.45) is -13.0. The Morgan fingerprint density at radius 1 is 1.03 bits per heavy atom. The van der Waals surface area contributed by atoms with Crippen LogP contribution in [0.15, 0.2) is 58.1 Å². The molecule has 4 rings (SSSR count). The number of benzene rings is 2. The Morgan fingerprint density at radius 3 is 2.34 bits per heavy atom. The van der Waals surface area contributed by atoms with Gasteiger partial charge in [-0.15, -0.1) is 24.5 Å². The van der Waals surface area contributed by atoms with Gasteiger partial charge >= 0.3 is 18.2 Å². The highest BCUT2D eigenvalue weighted by atomic mass is 32.1. The lowest BCUT2D eigenvalue weighted by atomic mass is 10.1. The Morgan fingerprint density at radius 2 is 1.71 bits per heavy atom. The monoisotopic (exact) mass is 560 g/mol. The fourth-order valence-corrected chi connectivity index (χ4v) is 5.01. The minimum Gasteiger partial charge on any atom is -0.485 e. The number of fused-ring (bicyclic) bond motifs is 1. The fraction of sp³-hybridized carbons (Fsp3) is 0.250. The van der Waals surface area contributed by atoms with Crippen LogP contribution in [0.2, 0.25) is 0 Å². The largest absolute Gasteiger partial charge is 0.573 e. The van der Waals surface area contributed by atoms with Crippen molar-refractivity contribution in [3.63, 3.8) is 0 Å². The second kappa shape index (κ2) is 10.2. The van der Waals surface area contributed by atoms with Gasteiger partial charge in [-0.3, -0.25) is 14.3 Å². The molecule has 202 valence electrons. The van der Waals surface area contributed by atoms with Crippen molar-refractivity contribution in [1.82, 2.24) is 9.55 Å². The van der Waals surface area contributed by atoms with Gasteiger partial charge in [0.25, 0.3) is 5.56 Å². The number of aromatic amines is 1. The first-order valence-electron chi connectivity index (χ1n) is 10.8. The molecule has 2 aromatic heterocycles. The first-order chi connectivity index (χ1) is 17.7. The number of rotatable bonds is 7. The predicted molar refractivity (Wildman–Crippen MR) is 126 cm³/mol. The first-order valence-corrected chi connectivity index (χ1v) is 11.6. The van der Waals surface area contributed by atoms with E-state index in [-0.39, 0.29) is 38.6 Å². The maximum atomic E-state index is 13.2. The average Bonchev–Trinajstić information content (AvgIpc) is 3.17. The smallest absolute Gasteiger partial charge is 0.485 e. The van der Waals surface area contributed by atoms with Gasteiger partial charge in [0.15, 0.2) is 17.6 Å². The third-order valence-corrected chi connectivity index (χ3v) is 6.83. The molecule has 0 aliphatic carbocycles. The number of nitrogens with one attached hydrogen (secondary N) is 1. The topological polar surface area (TPSA) is 93.5 Å². The van der Waals surface area contributed by atoms with Crippen molar-refractivity contribution in [3.8, 4) is 21.9 Å². The molecule has 0 saturated heterocycles. The van der Waals surface area contributed by atoms with E-state index >= 15 is 0 Å². The summed E-state index contributed by atoms with van der Waals surface area (Å²) < 4.78 is 88.5. The van der Waals surface area contributed by atoms with E-state index in [9.17, 15) is 41.0 Å². The standard InChI is InChI=1S/C24H18F6N2O5S/c1-12-18-20(34)31-22(35)32(10-17(33)23(25,26)27)21(18)38-19(12)14-7-8-15(16(9-14)37-24(28,29)30)36-11-13-5-3-2-4-6-13/h2-9,17,33H,10-11H2,1H3,(H,31,34,35)/t17-/m1/s1.